The standard InChI is InChI=1S/C5H12BF/c1-4-5(2,7)6-3/h6H,4H2,1-3H3. The largest absolute Gasteiger partial charge is 0.254 e. The Morgan fingerprint density at radius 1 is 1.71 bits per heavy atom. The predicted octanol–water partition coefficient (Wildman–Crippen LogP) is 1.57. The molecule has 42 valence electrons. The average molecular weight is 102 g/mol. The molecule has 0 bridgehead atoms. The molecule has 0 saturated carbocycles. The van der Waals surface area contributed by atoms with E-state index >= 15 is 0 Å². The Labute approximate surface area is 45.4 Å². The van der Waals surface area contributed by atoms with Crippen LogP contribution in [0.3, 0.4) is 0 Å². The normalized spacial score (nSPS) is 18.3. The van der Waals surface area contributed by atoms with Gasteiger partial charge in [0, 0.05) is 0 Å². The lowest BCUT2D eigenvalue weighted by Crippen LogP contribution is -2.22. The van der Waals surface area contributed by atoms with Crippen molar-refractivity contribution in [3.63, 3.8) is 0 Å². The molecule has 0 spiro atoms. The molecular weight excluding hydrogens is 89.9 g/mol. The van der Waals surface area contributed by atoms with Crippen molar-refractivity contribution < 1.29 is 4.39 Å². The second kappa shape index (κ2) is 2.34. The summed E-state index contributed by atoms with van der Waals surface area (Å²) in [5.74, 6) is 0. The first-order valence-electron chi connectivity index (χ1n) is 2.81. The molecule has 0 fully saturated rings. The van der Waals surface area contributed by atoms with Crippen LogP contribution in [0.2, 0.25) is 6.82 Å². The molecule has 1 unspecified atom stereocenters. The van der Waals surface area contributed by atoms with E-state index in [-0.39, 0.29) is 0 Å². The van der Waals surface area contributed by atoms with Crippen molar-refractivity contribution in [1.82, 2.24) is 0 Å². The third-order valence-electron chi connectivity index (χ3n) is 1.47. The van der Waals surface area contributed by atoms with Crippen LogP contribution in [0.5, 0.6) is 0 Å². The molecule has 0 aromatic carbocycles. The van der Waals surface area contributed by atoms with Crippen LogP contribution in [0.15, 0.2) is 0 Å². The quantitative estimate of drug-likeness (QED) is 0.464. The third kappa shape index (κ3) is 2.66. The van der Waals surface area contributed by atoms with E-state index in [4.69, 9.17) is 0 Å². The van der Waals surface area contributed by atoms with E-state index in [0.29, 0.717) is 13.7 Å². The van der Waals surface area contributed by atoms with Gasteiger partial charge in [0.05, 0.1) is 5.57 Å². The first-order valence-corrected chi connectivity index (χ1v) is 2.81. The minimum atomic E-state index is -0.917. The van der Waals surface area contributed by atoms with Crippen LogP contribution in [0.1, 0.15) is 20.3 Å². The second-order valence-electron chi connectivity index (χ2n) is 2.12. The fraction of sp³-hybridized carbons (Fsp3) is 1.00. The number of rotatable bonds is 2. The summed E-state index contributed by atoms with van der Waals surface area (Å²) < 4.78 is 12.5. The molecule has 0 aliphatic rings. The fourth-order valence-electron chi connectivity index (χ4n) is 0.250. The summed E-state index contributed by atoms with van der Waals surface area (Å²) in [4.78, 5) is 0. The lowest BCUT2D eigenvalue weighted by Gasteiger charge is -2.12. The van der Waals surface area contributed by atoms with Crippen LogP contribution in [-0.2, 0) is 0 Å². The van der Waals surface area contributed by atoms with Crippen molar-refractivity contribution in [3.8, 4) is 0 Å². The molecule has 0 heterocycles. The Morgan fingerprint density at radius 3 is 2.14 bits per heavy atom. The van der Waals surface area contributed by atoms with Gasteiger partial charge in [0.15, 0.2) is 7.28 Å². The van der Waals surface area contributed by atoms with Crippen molar-refractivity contribution in [2.75, 3.05) is 0 Å². The molecule has 7 heavy (non-hydrogen) atoms. The molecular formula is C5H12BF. The van der Waals surface area contributed by atoms with Crippen LogP contribution >= 0.6 is 0 Å². The molecule has 2 heteroatoms. The molecule has 0 aromatic rings. The maximum absolute atomic E-state index is 12.5. The Hall–Kier alpha value is -0.00506. The van der Waals surface area contributed by atoms with E-state index in [1.807, 2.05) is 13.7 Å². The lowest BCUT2D eigenvalue weighted by molar-refractivity contribution is 0.291. The van der Waals surface area contributed by atoms with Gasteiger partial charge in [0.1, 0.15) is 0 Å². The maximum Gasteiger partial charge on any atom is 0.165 e. The van der Waals surface area contributed by atoms with Crippen LogP contribution in [-0.4, -0.2) is 12.8 Å². The highest BCUT2D eigenvalue weighted by Gasteiger charge is 2.17. The van der Waals surface area contributed by atoms with E-state index in [9.17, 15) is 4.39 Å². The summed E-state index contributed by atoms with van der Waals surface area (Å²) >= 11 is 0. The first kappa shape index (κ1) is 6.99. The van der Waals surface area contributed by atoms with E-state index in [1.54, 1.807) is 6.92 Å². The molecule has 0 aliphatic carbocycles. The van der Waals surface area contributed by atoms with Gasteiger partial charge in [-0.05, 0) is 13.3 Å². The van der Waals surface area contributed by atoms with Gasteiger partial charge in [-0.25, -0.2) is 0 Å². The molecule has 0 saturated heterocycles. The molecule has 0 aromatic heterocycles. The number of hydrogen-bond acceptors (Lipinski definition) is 0. The van der Waals surface area contributed by atoms with Gasteiger partial charge < -0.3 is 0 Å². The van der Waals surface area contributed by atoms with Crippen LogP contribution in [0.25, 0.3) is 0 Å². The predicted molar refractivity (Wildman–Crippen MR) is 32.8 cm³/mol. The minimum absolute atomic E-state index is 0.628. The summed E-state index contributed by atoms with van der Waals surface area (Å²) in [6, 6.07) is 0. The number of hydrogen-bond donors (Lipinski definition) is 0. The highest BCUT2D eigenvalue weighted by atomic mass is 19.1. The molecule has 0 aliphatic heterocycles. The lowest BCUT2D eigenvalue weighted by atomic mass is 9.64. The third-order valence-corrected chi connectivity index (χ3v) is 1.47. The molecule has 0 amide bonds. The number of alkyl halides is 1. The van der Waals surface area contributed by atoms with Crippen molar-refractivity contribution in [3.05, 3.63) is 0 Å². The zero-order chi connectivity index (χ0) is 5.91. The van der Waals surface area contributed by atoms with Gasteiger partial charge in [0.25, 0.3) is 0 Å². The zero-order valence-electron chi connectivity index (χ0n) is 5.29. The summed E-state index contributed by atoms with van der Waals surface area (Å²) in [7, 11) is 0.628. The zero-order valence-corrected chi connectivity index (χ0v) is 5.29. The van der Waals surface area contributed by atoms with E-state index in [1.165, 1.54) is 0 Å². The topological polar surface area (TPSA) is 0 Å². The van der Waals surface area contributed by atoms with Gasteiger partial charge in [-0.15, -0.1) is 0 Å². The van der Waals surface area contributed by atoms with E-state index in [2.05, 4.69) is 0 Å². The van der Waals surface area contributed by atoms with Crippen molar-refractivity contribution in [2.45, 2.75) is 32.7 Å². The van der Waals surface area contributed by atoms with E-state index in [0.717, 1.165) is 0 Å². The van der Waals surface area contributed by atoms with Crippen LogP contribution in [0.4, 0.5) is 4.39 Å². The highest BCUT2D eigenvalue weighted by molar-refractivity contribution is 6.37. The second-order valence-corrected chi connectivity index (χ2v) is 2.12. The Bertz CT molecular complexity index is 46.0. The molecule has 0 nitrogen and oxygen atoms in total. The summed E-state index contributed by atoms with van der Waals surface area (Å²) in [5.41, 5.74) is -0.917. The van der Waals surface area contributed by atoms with Crippen LogP contribution < -0.4 is 0 Å². The van der Waals surface area contributed by atoms with Crippen molar-refractivity contribution >= 4 is 7.28 Å². The van der Waals surface area contributed by atoms with Gasteiger partial charge in [-0.3, -0.25) is 4.39 Å². The SMILES string of the molecule is CBC(C)(F)CC. The van der Waals surface area contributed by atoms with Crippen LogP contribution in [0, 0.1) is 0 Å². The fourth-order valence-corrected chi connectivity index (χ4v) is 0.250. The Balaban J connectivity index is 3.36. The van der Waals surface area contributed by atoms with Gasteiger partial charge in [0.2, 0.25) is 0 Å². The van der Waals surface area contributed by atoms with E-state index < -0.39 is 5.57 Å². The minimum Gasteiger partial charge on any atom is -0.254 e. The highest BCUT2D eigenvalue weighted by Crippen LogP contribution is 2.11. The van der Waals surface area contributed by atoms with Gasteiger partial charge in [-0.1, -0.05) is 13.7 Å². The maximum atomic E-state index is 12.5. The summed E-state index contributed by atoms with van der Waals surface area (Å²) in [5, 5.41) is 0. The number of halogens is 1. The van der Waals surface area contributed by atoms with Crippen molar-refractivity contribution in [2.24, 2.45) is 0 Å². The Kier molecular flexibility index (Phi) is 2.34. The Morgan fingerprint density at radius 2 is 2.14 bits per heavy atom. The average Bonchev–Trinajstić information content (AvgIpc) is 1.68. The summed E-state index contributed by atoms with van der Waals surface area (Å²) in [6.07, 6.45) is 0.628. The van der Waals surface area contributed by atoms with Crippen molar-refractivity contribution in [1.29, 1.82) is 0 Å². The van der Waals surface area contributed by atoms with Gasteiger partial charge in [-0.2, -0.15) is 0 Å². The summed E-state index contributed by atoms with van der Waals surface area (Å²) in [6.45, 7) is 5.36. The molecule has 0 N–H and O–H groups in total. The molecule has 0 radical (unpaired) electrons. The molecule has 1 atom stereocenters. The first-order chi connectivity index (χ1) is 3.12. The van der Waals surface area contributed by atoms with Gasteiger partial charge >= 0.3 is 0 Å². The monoisotopic (exact) mass is 102 g/mol. The smallest absolute Gasteiger partial charge is 0.165 e. The molecule has 0 rings (SSSR count).